The van der Waals surface area contributed by atoms with Gasteiger partial charge in [0.2, 0.25) is 5.91 Å². The normalized spacial score (nSPS) is 10.5. The summed E-state index contributed by atoms with van der Waals surface area (Å²) in [5, 5.41) is 2.67. The van der Waals surface area contributed by atoms with Crippen LogP contribution >= 0.6 is 0 Å². The van der Waals surface area contributed by atoms with E-state index in [4.69, 9.17) is 5.73 Å². The van der Waals surface area contributed by atoms with Gasteiger partial charge in [-0.25, -0.2) is 8.78 Å². The summed E-state index contributed by atoms with van der Waals surface area (Å²) >= 11 is 0. The van der Waals surface area contributed by atoms with Crippen LogP contribution in [0.2, 0.25) is 0 Å². The maximum absolute atomic E-state index is 13.5. The van der Waals surface area contributed by atoms with Crippen molar-refractivity contribution < 1.29 is 13.6 Å². The lowest BCUT2D eigenvalue weighted by atomic mass is 10.1. The van der Waals surface area contributed by atoms with E-state index in [-0.39, 0.29) is 12.0 Å². The number of carbonyl (C=O) groups excluding carboxylic acids is 1. The van der Waals surface area contributed by atoms with Gasteiger partial charge in [0, 0.05) is 16.9 Å². The van der Waals surface area contributed by atoms with Crippen LogP contribution in [-0.4, -0.2) is 5.91 Å². The Kier molecular flexibility index (Phi) is 4.21. The first-order chi connectivity index (χ1) is 9.90. The molecular weight excluding hydrogens is 274 g/mol. The molecular formula is C16H16F2N2O. The summed E-state index contributed by atoms with van der Waals surface area (Å²) in [6.07, 6.45) is -0.369. The highest BCUT2D eigenvalue weighted by Gasteiger charge is 2.15. The largest absolute Gasteiger partial charge is 0.398 e. The maximum atomic E-state index is 13.5. The minimum Gasteiger partial charge on any atom is -0.398 e. The van der Waals surface area contributed by atoms with Gasteiger partial charge in [0.05, 0.1) is 6.42 Å². The number of halogens is 2. The van der Waals surface area contributed by atoms with E-state index in [2.05, 4.69) is 5.32 Å². The van der Waals surface area contributed by atoms with Crippen molar-refractivity contribution in [2.75, 3.05) is 11.1 Å². The molecule has 2 aromatic carbocycles. The molecule has 2 rings (SSSR count). The van der Waals surface area contributed by atoms with Gasteiger partial charge in [-0.2, -0.15) is 0 Å². The first-order valence-corrected chi connectivity index (χ1v) is 6.48. The summed E-state index contributed by atoms with van der Waals surface area (Å²) in [5.41, 5.74) is 8.25. The highest BCUT2D eigenvalue weighted by atomic mass is 19.1. The van der Waals surface area contributed by atoms with Gasteiger partial charge in [0.15, 0.2) is 0 Å². The molecule has 0 bridgehead atoms. The molecule has 110 valence electrons. The number of nitrogens with two attached hydrogens (primary N) is 1. The first kappa shape index (κ1) is 15.0. The number of nitrogen functional groups attached to an aromatic ring is 1. The summed E-state index contributed by atoms with van der Waals surface area (Å²) in [6, 6.07) is 7.04. The predicted octanol–water partition coefficient (Wildman–Crippen LogP) is 3.35. The fourth-order valence-electron chi connectivity index (χ4n) is 2.10. The Morgan fingerprint density at radius 3 is 2.38 bits per heavy atom. The van der Waals surface area contributed by atoms with E-state index in [1.54, 1.807) is 19.1 Å². The van der Waals surface area contributed by atoms with Crippen LogP contribution in [0.15, 0.2) is 30.3 Å². The topological polar surface area (TPSA) is 55.1 Å². The average Bonchev–Trinajstić information content (AvgIpc) is 2.43. The van der Waals surface area contributed by atoms with E-state index in [0.717, 1.165) is 23.3 Å². The Balaban J connectivity index is 2.22. The second kappa shape index (κ2) is 5.91. The maximum Gasteiger partial charge on any atom is 0.229 e. The third kappa shape index (κ3) is 3.18. The van der Waals surface area contributed by atoms with Crippen LogP contribution in [-0.2, 0) is 11.2 Å². The van der Waals surface area contributed by atoms with Crippen molar-refractivity contribution in [2.24, 2.45) is 0 Å². The van der Waals surface area contributed by atoms with Gasteiger partial charge < -0.3 is 11.1 Å². The Labute approximate surface area is 121 Å². The molecule has 0 atom stereocenters. The lowest BCUT2D eigenvalue weighted by Gasteiger charge is -2.13. The van der Waals surface area contributed by atoms with Crippen molar-refractivity contribution in [1.29, 1.82) is 0 Å². The molecule has 0 heterocycles. The molecule has 0 aliphatic carbocycles. The van der Waals surface area contributed by atoms with Gasteiger partial charge in [-0.3, -0.25) is 4.79 Å². The summed E-state index contributed by atoms with van der Waals surface area (Å²) in [4.78, 5) is 12.0. The predicted molar refractivity (Wildman–Crippen MR) is 79.0 cm³/mol. The lowest BCUT2D eigenvalue weighted by Crippen LogP contribution is -2.18. The molecule has 2 aromatic rings. The number of carbonyl (C=O) groups is 1. The molecule has 0 radical (unpaired) electrons. The molecule has 0 saturated carbocycles. The summed E-state index contributed by atoms with van der Waals surface area (Å²) in [6.45, 7) is 3.60. The van der Waals surface area contributed by atoms with E-state index >= 15 is 0 Å². The zero-order valence-corrected chi connectivity index (χ0v) is 11.8. The SMILES string of the molecule is Cc1ccc(N)c(C)c1NC(=O)Cc1c(F)cccc1F. The smallest absolute Gasteiger partial charge is 0.229 e. The molecule has 21 heavy (non-hydrogen) atoms. The second-order valence-corrected chi connectivity index (χ2v) is 4.90. The van der Waals surface area contributed by atoms with Crippen molar-refractivity contribution in [3.05, 3.63) is 58.7 Å². The van der Waals surface area contributed by atoms with Gasteiger partial charge in [0.1, 0.15) is 11.6 Å². The third-order valence-electron chi connectivity index (χ3n) is 3.38. The molecule has 5 heteroatoms. The van der Waals surface area contributed by atoms with Crippen LogP contribution in [0.5, 0.6) is 0 Å². The van der Waals surface area contributed by atoms with Crippen LogP contribution in [0.3, 0.4) is 0 Å². The fourth-order valence-corrected chi connectivity index (χ4v) is 2.10. The molecule has 0 saturated heterocycles. The molecule has 1 amide bonds. The summed E-state index contributed by atoms with van der Waals surface area (Å²) in [7, 11) is 0. The summed E-state index contributed by atoms with van der Waals surface area (Å²) in [5.74, 6) is -1.95. The van der Waals surface area contributed by atoms with E-state index in [1.165, 1.54) is 6.07 Å². The van der Waals surface area contributed by atoms with Gasteiger partial charge >= 0.3 is 0 Å². The first-order valence-electron chi connectivity index (χ1n) is 6.48. The number of benzene rings is 2. The number of hydrogen-bond donors (Lipinski definition) is 2. The highest BCUT2D eigenvalue weighted by Crippen LogP contribution is 2.25. The van der Waals surface area contributed by atoms with Gasteiger partial charge in [-0.05, 0) is 43.2 Å². The van der Waals surface area contributed by atoms with E-state index in [9.17, 15) is 13.6 Å². The van der Waals surface area contributed by atoms with Crippen LogP contribution < -0.4 is 11.1 Å². The molecule has 0 aliphatic rings. The van der Waals surface area contributed by atoms with Crippen molar-refractivity contribution in [2.45, 2.75) is 20.3 Å². The molecule has 0 aliphatic heterocycles. The zero-order valence-electron chi connectivity index (χ0n) is 11.8. The molecule has 3 N–H and O–H groups in total. The number of amides is 1. The van der Waals surface area contributed by atoms with Crippen molar-refractivity contribution in [3.63, 3.8) is 0 Å². The lowest BCUT2D eigenvalue weighted by molar-refractivity contribution is -0.115. The standard InChI is InChI=1S/C16H16F2N2O/c1-9-6-7-14(19)10(2)16(9)20-15(21)8-11-12(17)4-3-5-13(11)18/h3-7H,8,19H2,1-2H3,(H,20,21). The molecule has 0 aromatic heterocycles. The highest BCUT2D eigenvalue weighted by molar-refractivity contribution is 5.94. The van der Waals surface area contributed by atoms with Gasteiger partial charge in [-0.15, -0.1) is 0 Å². The minimum atomic E-state index is -0.730. The molecule has 0 unspecified atom stereocenters. The quantitative estimate of drug-likeness (QED) is 0.852. The summed E-state index contributed by atoms with van der Waals surface area (Å²) < 4.78 is 27.1. The van der Waals surface area contributed by atoms with Crippen molar-refractivity contribution in [3.8, 4) is 0 Å². The number of hydrogen-bond acceptors (Lipinski definition) is 2. The second-order valence-electron chi connectivity index (χ2n) is 4.90. The fraction of sp³-hybridized carbons (Fsp3) is 0.188. The Hall–Kier alpha value is -2.43. The number of aryl methyl sites for hydroxylation is 1. The molecule has 0 fully saturated rings. The van der Waals surface area contributed by atoms with Gasteiger partial charge in [-0.1, -0.05) is 12.1 Å². The number of nitrogens with one attached hydrogen (secondary N) is 1. The van der Waals surface area contributed by atoms with Crippen LogP contribution in [0.25, 0.3) is 0 Å². The van der Waals surface area contributed by atoms with Crippen LogP contribution in [0, 0.1) is 25.5 Å². The number of anilines is 2. The Morgan fingerprint density at radius 2 is 1.76 bits per heavy atom. The molecule has 0 spiro atoms. The Bertz CT molecular complexity index is 679. The zero-order chi connectivity index (χ0) is 15.6. The van der Waals surface area contributed by atoms with Crippen molar-refractivity contribution >= 4 is 17.3 Å². The van der Waals surface area contributed by atoms with Gasteiger partial charge in [0.25, 0.3) is 0 Å². The van der Waals surface area contributed by atoms with Crippen LogP contribution in [0.1, 0.15) is 16.7 Å². The van der Waals surface area contributed by atoms with Crippen molar-refractivity contribution in [1.82, 2.24) is 0 Å². The average molecular weight is 290 g/mol. The van der Waals surface area contributed by atoms with E-state index in [0.29, 0.717) is 11.4 Å². The minimum absolute atomic E-state index is 0.241. The van der Waals surface area contributed by atoms with E-state index in [1.807, 2.05) is 6.92 Å². The number of rotatable bonds is 3. The Morgan fingerprint density at radius 1 is 1.14 bits per heavy atom. The molecule has 3 nitrogen and oxygen atoms in total. The third-order valence-corrected chi connectivity index (χ3v) is 3.38. The van der Waals surface area contributed by atoms with E-state index < -0.39 is 17.5 Å². The monoisotopic (exact) mass is 290 g/mol. The van der Waals surface area contributed by atoms with Crippen LogP contribution in [0.4, 0.5) is 20.2 Å².